The molecule has 0 heterocycles. The fourth-order valence-corrected chi connectivity index (χ4v) is 1.52. The fraction of sp³-hybridized carbons (Fsp3) is 0.500. The summed E-state index contributed by atoms with van der Waals surface area (Å²) in [5.74, 6) is -0.329. The SMILES string of the molecule is Cc1ccc(C(=O)NCCNC(=O)COC(C)(C)C)cc1. The Morgan fingerprint density at radius 3 is 2.19 bits per heavy atom. The van der Waals surface area contributed by atoms with Gasteiger partial charge in [0.1, 0.15) is 6.61 Å². The van der Waals surface area contributed by atoms with Gasteiger partial charge in [0.2, 0.25) is 5.91 Å². The topological polar surface area (TPSA) is 67.4 Å². The second-order valence-electron chi connectivity index (χ2n) is 5.87. The van der Waals surface area contributed by atoms with E-state index in [1.165, 1.54) is 0 Å². The molecule has 0 spiro atoms. The van der Waals surface area contributed by atoms with E-state index in [9.17, 15) is 9.59 Å². The van der Waals surface area contributed by atoms with Crippen LogP contribution in [0.25, 0.3) is 0 Å². The lowest BCUT2D eigenvalue weighted by molar-refractivity contribution is -0.130. The number of hydrogen-bond donors (Lipinski definition) is 2. The third kappa shape index (κ3) is 7.46. The maximum Gasteiger partial charge on any atom is 0.251 e. The van der Waals surface area contributed by atoms with E-state index in [0.717, 1.165) is 5.56 Å². The molecule has 0 aromatic heterocycles. The summed E-state index contributed by atoms with van der Waals surface area (Å²) in [7, 11) is 0. The fourth-order valence-electron chi connectivity index (χ4n) is 1.52. The molecule has 1 aromatic carbocycles. The zero-order chi connectivity index (χ0) is 15.9. The quantitative estimate of drug-likeness (QED) is 0.784. The highest BCUT2D eigenvalue weighted by Gasteiger charge is 2.12. The van der Waals surface area contributed by atoms with Crippen molar-refractivity contribution in [2.24, 2.45) is 0 Å². The number of aryl methyl sites for hydroxylation is 1. The van der Waals surface area contributed by atoms with Crippen LogP contribution in [-0.2, 0) is 9.53 Å². The average molecular weight is 292 g/mol. The van der Waals surface area contributed by atoms with Crippen molar-refractivity contribution in [3.8, 4) is 0 Å². The van der Waals surface area contributed by atoms with Crippen molar-refractivity contribution < 1.29 is 14.3 Å². The van der Waals surface area contributed by atoms with E-state index in [1.54, 1.807) is 12.1 Å². The van der Waals surface area contributed by atoms with Gasteiger partial charge in [0, 0.05) is 18.7 Å². The van der Waals surface area contributed by atoms with E-state index in [1.807, 2.05) is 39.8 Å². The molecule has 116 valence electrons. The maximum absolute atomic E-state index is 11.8. The number of ether oxygens (including phenoxy) is 1. The molecule has 0 aliphatic rings. The Bertz CT molecular complexity index is 475. The lowest BCUT2D eigenvalue weighted by atomic mass is 10.1. The molecule has 2 N–H and O–H groups in total. The first-order valence-electron chi connectivity index (χ1n) is 7.03. The number of hydrogen-bond acceptors (Lipinski definition) is 3. The molecular weight excluding hydrogens is 268 g/mol. The first kappa shape index (κ1) is 17.2. The number of rotatable bonds is 6. The van der Waals surface area contributed by atoms with Crippen LogP contribution in [0.3, 0.4) is 0 Å². The predicted molar refractivity (Wildman–Crippen MR) is 82.2 cm³/mol. The van der Waals surface area contributed by atoms with E-state index in [2.05, 4.69) is 10.6 Å². The normalized spacial score (nSPS) is 11.0. The predicted octanol–water partition coefficient (Wildman–Crippen LogP) is 1.66. The second kappa shape index (κ2) is 7.78. The molecular formula is C16H24N2O3. The summed E-state index contributed by atoms with van der Waals surface area (Å²) < 4.78 is 5.35. The summed E-state index contributed by atoms with van der Waals surface area (Å²) in [6, 6.07) is 7.34. The van der Waals surface area contributed by atoms with E-state index in [0.29, 0.717) is 18.7 Å². The van der Waals surface area contributed by atoms with Crippen LogP contribution >= 0.6 is 0 Å². The third-order valence-corrected chi connectivity index (χ3v) is 2.68. The van der Waals surface area contributed by atoms with Gasteiger partial charge in [-0.3, -0.25) is 9.59 Å². The van der Waals surface area contributed by atoms with Crippen LogP contribution in [0.15, 0.2) is 24.3 Å². The van der Waals surface area contributed by atoms with Crippen molar-refractivity contribution in [2.75, 3.05) is 19.7 Å². The molecule has 0 atom stereocenters. The molecule has 0 bridgehead atoms. The van der Waals surface area contributed by atoms with Crippen molar-refractivity contribution in [3.05, 3.63) is 35.4 Å². The number of carbonyl (C=O) groups is 2. The summed E-state index contributed by atoms with van der Waals surface area (Å²) in [6.07, 6.45) is 0. The standard InChI is InChI=1S/C16H24N2O3/c1-12-5-7-13(8-6-12)15(20)18-10-9-17-14(19)11-21-16(2,3)4/h5-8H,9-11H2,1-4H3,(H,17,19)(H,18,20). The van der Waals surface area contributed by atoms with Crippen LogP contribution in [0, 0.1) is 6.92 Å². The van der Waals surface area contributed by atoms with Gasteiger partial charge in [0.05, 0.1) is 5.60 Å². The van der Waals surface area contributed by atoms with Crippen molar-refractivity contribution in [3.63, 3.8) is 0 Å². The molecule has 0 saturated heterocycles. The van der Waals surface area contributed by atoms with Gasteiger partial charge < -0.3 is 15.4 Å². The number of carbonyl (C=O) groups excluding carboxylic acids is 2. The molecule has 0 unspecified atom stereocenters. The highest BCUT2D eigenvalue weighted by molar-refractivity contribution is 5.94. The van der Waals surface area contributed by atoms with E-state index in [4.69, 9.17) is 4.74 Å². The molecule has 1 aromatic rings. The number of nitrogens with one attached hydrogen (secondary N) is 2. The molecule has 1 rings (SSSR count). The minimum Gasteiger partial charge on any atom is -0.366 e. The van der Waals surface area contributed by atoms with Gasteiger partial charge in [0.15, 0.2) is 0 Å². The molecule has 2 amide bonds. The van der Waals surface area contributed by atoms with Gasteiger partial charge in [0.25, 0.3) is 5.91 Å². The molecule has 5 nitrogen and oxygen atoms in total. The Labute approximate surface area is 126 Å². The summed E-state index contributed by atoms with van der Waals surface area (Å²) >= 11 is 0. The summed E-state index contributed by atoms with van der Waals surface area (Å²) in [5.41, 5.74) is 1.39. The highest BCUT2D eigenvalue weighted by Crippen LogP contribution is 2.05. The van der Waals surface area contributed by atoms with Crippen molar-refractivity contribution in [2.45, 2.75) is 33.3 Å². The van der Waals surface area contributed by atoms with Crippen molar-refractivity contribution in [1.82, 2.24) is 10.6 Å². The molecule has 5 heteroatoms. The second-order valence-corrected chi connectivity index (χ2v) is 5.87. The maximum atomic E-state index is 11.8. The van der Waals surface area contributed by atoms with E-state index >= 15 is 0 Å². The largest absolute Gasteiger partial charge is 0.366 e. The Balaban J connectivity index is 2.20. The molecule has 0 radical (unpaired) electrons. The highest BCUT2D eigenvalue weighted by atomic mass is 16.5. The average Bonchev–Trinajstić information content (AvgIpc) is 2.41. The Morgan fingerprint density at radius 2 is 1.62 bits per heavy atom. The molecule has 0 aliphatic heterocycles. The van der Waals surface area contributed by atoms with E-state index < -0.39 is 0 Å². The lowest BCUT2D eigenvalue weighted by Gasteiger charge is -2.19. The summed E-state index contributed by atoms with van der Waals surface area (Å²) in [4.78, 5) is 23.3. The van der Waals surface area contributed by atoms with Gasteiger partial charge in [-0.05, 0) is 39.8 Å². The Kier molecular flexibility index (Phi) is 6.37. The summed E-state index contributed by atoms with van der Waals surface area (Å²) in [5, 5.41) is 5.44. The van der Waals surface area contributed by atoms with Crippen LogP contribution in [0.4, 0.5) is 0 Å². The van der Waals surface area contributed by atoms with E-state index in [-0.39, 0.29) is 24.0 Å². The first-order valence-corrected chi connectivity index (χ1v) is 7.03. The lowest BCUT2D eigenvalue weighted by Crippen LogP contribution is -2.37. The molecule has 21 heavy (non-hydrogen) atoms. The third-order valence-electron chi connectivity index (χ3n) is 2.68. The smallest absolute Gasteiger partial charge is 0.251 e. The van der Waals surface area contributed by atoms with Crippen LogP contribution in [-0.4, -0.2) is 37.1 Å². The minimum absolute atomic E-state index is 0.0232. The Morgan fingerprint density at radius 1 is 1.05 bits per heavy atom. The molecule has 0 aliphatic carbocycles. The summed E-state index contributed by atoms with van der Waals surface area (Å²) in [6.45, 7) is 8.43. The van der Waals surface area contributed by atoms with Crippen molar-refractivity contribution in [1.29, 1.82) is 0 Å². The minimum atomic E-state index is -0.336. The molecule has 0 fully saturated rings. The van der Waals surface area contributed by atoms with Crippen LogP contribution in [0.5, 0.6) is 0 Å². The van der Waals surface area contributed by atoms with Gasteiger partial charge in [-0.2, -0.15) is 0 Å². The number of amides is 2. The molecule has 0 saturated carbocycles. The van der Waals surface area contributed by atoms with Gasteiger partial charge >= 0.3 is 0 Å². The van der Waals surface area contributed by atoms with Gasteiger partial charge in [-0.25, -0.2) is 0 Å². The first-order chi connectivity index (χ1) is 9.78. The van der Waals surface area contributed by atoms with Gasteiger partial charge in [-0.15, -0.1) is 0 Å². The monoisotopic (exact) mass is 292 g/mol. The van der Waals surface area contributed by atoms with Crippen molar-refractivity contribution >= 4 is 11.8 Å². The Hall–Kier alpha value is -1.88. The zero-order valence-corrected chi connectivity index (χ0v) is 13.2. The number of benzene rings is 1. The zero-order valence-electron chi connectivity index (χ0n) is 13.2. The van der Waals surface area contributed by atoms with Gasteiger partial charge in [-0.1, -0.05) is 17.7 Å². The van der Waals surface area contributed by atoms with Crippen LogP contribution in [0.2, 0.25) is 0 Å². The van der Waals surface area contributed by atoms with Crippen LogP contribution < -0.4 is 10.6 Å². The van der Waals surface area contributed by atoms with Crippen LogP contribution in [0.1, 0.15) is 36.7 Å².